The maximum atomic E-state index is 12.1. The third kappa shape index (κ3) is 2.87. The lowest BCUT2D eigenvalue weighted by atomic mass is 9.83. The summed E-state index contributed by atoms with van der Waals surface area (Å²) in [6.07, 6.45) is 3.37. The number of amides is 1. The molecule has 0 aromatic carbocycles. The fourth-order valence-electron chi connectivity index (χ4n) is 3.31. The molecule has 0 bridgehead atoms. The van der Waals surface area contributed by atoms with Crippen LogP contribution in [0.25, 0.3) is 0 Å². The van der Waals surface area contributed by atoms with Gasteiger partial charge in [-0.3, -0.25) is 4.79 Å². The van der Waals surface area contributed by atoms with Gasteiger partial charge in [0.2, 0.25) is 5.91 Å². The van der Waals surface area contributed by atoms with Gasteiger partial charge in [-0.05, 0) is 13.0 Å². The highest BCUT2D eigenvalue weighted by Crippen LogP contribution is 2.46. The van der Waals surface area contributed by atoms with E-state index in [0.717, 1.165) is 0 Å². The van der Waals surface area contributed by atoms with Crippen LogP contribution in [0.5, 0.6) is 0 Å². The second-order valence-electron chi connectivity index (χ2n) is 6.03. The Hall–Kier alpha value is -2.06. The number of aliphatic carboxylic acids is 1. The molecule has 1 aromatic heterocycles. The Balaban J connectivity index is 1.68. The van der Waals surface area contributed by atoms with E-state index >= 15 is 0 Å². The van der Waals surface area contributed by atoms with Crippen molar-refractivity contribution in [2.24, 2.45) is 5.92 Å². The fourth-order valence-corrected chi connectivity index (χ4v) is 4.46. The number of fused-ring (bicyclic) bond motifs is 1. The standard InChI is InChI=1S/C16H19N3O4S/c1-9(20)13-11-7-12(14(16(22)23)19(11)15(13)21)24-6-5-18-4-2-3-10(17)8-18/h2-4,8-9,11,13,20H,5-7,17H2,1H3/t9-,11-,13-/m1/s1. The monoisotopic (exact) mass is 349 g/mol. The highest BCUT2D eigenvalue weighted by atomic mass is 32.2. The SMILES string of the molecule is C[C@@H](O)[C@H]1C(=O)N2C(C(=O)[O-])=C(SCC[n+]3cccc(N)c3)C[C@H]12. The molecule has 0 spiro atoms. The van der Waals surface area contributed by atoms with Gasteiger partial charge in [0.05, 0.1) is 41.2 Å². The molecule has 3 N–H and O–H groups in total. The van der Waals surface area contributed by atoms with Gasteiger partial charge in [-0.1, -0.05) is 0 Å². The lowest BCUT2D eigenvalue weighted by molar-refractivity contribution is -0.691. The molecule has 1 fully saturated rings. The summed E-state index contributed by atoms with van der Waals surface area (Å²) < 4.78 is 1.93. The molecule has 8 heteroatoms. The Morgan fingerprint density at radius 1 is 1.62 bits per heavy atom. The number of aryl methyl sites for hydroxylation is 1. The first-order valence-corrected chi connectivity index (χ1v) is 8.71. The number of aromatic nitrogens is 1. The summed E-state index contributed by atoms with van der Waals surface area (Å²) in [4.78, 5) is 25.4. The number of β-lactam (4-membered cyclic amide) rings is 1. The van der Waals surface area contributed by atoms with Crippen LogP contribution in [-0.4, -0.2) is 39.8 Å². The van der Waals surface area contributed by atoms with Gasteiger partial charge in [-0.2, -0.15) is 0 Å². The molecule has 0 unspecified atom stereocenters. The zero-order valence-corrected chi connectivity index (χ0v) is 14.0. The van der Waals surface area contributed by atoms with E-state index in [2.05, 4.69) is 0 Å². The second kappa shape index (κ2) is 6.45. The number of aliphatic hydroxyl groups excluding tert-OH is 1. The Bertz CT molecular complexity index is 719. The van der Waals surface area contributed by atoms with Crippen molar-refractivity contribution in [3.63, 3.8) is 0 Å². The van der Waals surface area contributed by atoms with Crippen molar-refractivity contribution >= 4 is 29.3 Å². The van der Waals surface area contributed by atoms with Gasteiger partial charge in [0, 0.05) is 17.4 Å². The smallest absolute Gasteiger partial charge is 0.235 e. The van der Waals surface area contributed by atoms with Crippen LogP contribution in [0.2, 0.25) is 0 Å². The van der Waals surface area contributed by atoms with E-state index in [-0.39, 0.29) is 17.6 Å². The first-order valence-electron chi connectivity index (χ1n) is 7.73. The Labute approximate surface area is 143 Å². The number of carbonyl (C=O) groups excluding carboxylic acids is 2. The maximum absolute atomic E-state index is 12.1. The molecule has 7 nitrogen and oxygen atoms in total. The normalized spacial score (nSPS) is 23.9. The molecular formula is C16H19N3O4S. The van der Waals surface area contributed by atoms with Gasteiger partial charge >= 0.3 is 0 Å². The number of hydrogen-bond acceptors (Lipinski definition) is 6. The number of hydrogen-bond donors (Lipinski definition) is 2. The number of carboxylic acids is 1. The number of carbonyl (C=O) groups is 2. The number of rotatable bonds is 6. The molecule has 2 aliphatic heterocycles. The van der Waals surface area contributed by atoms with Crippen LogP contribution >= 0.6 is 11.8 Å². The van der Waals surface area contributed by atoms with E-state index in [4.69, 9.17) is 5.73 Å². The number of nitrogens with two attached hydrogens (primary N) is 1. The van der Waals surface area contributed by atoms with Gasteiger partial charge in [0.15, 0.2) is 18.9 Å². The van der Waals surface area contributed by atoms with Gasteiger partial charge in [0.25, 0.3) is 0 Å². The van der Waals surface area contributed by atoms with Crippen molar-refractivity contribution in [3.8, 4) is 0 Å². The van der Waals surface area contributed by atoms with E-state index in [1.807, 2.05) is 23.0 Å². The summed E-state index contributed by atoms with van der Waals surface area (Å²) in [6, 6.07) is 3.37. The summed E-state index contributed by atoms with van der Waals surface area (Å²) in [7, 11) is 0. The zero-order valence-electron chi connectivity index (χ0n) is 13.2. The van der Waals surface area contributed by atoms with E-state index in [0.29, 0.717) is 29.3 Å². The lowest BCUT2D eigenvalue weighted by Crippen LogP contribution is -2.62. The predicted molar refractivity (Wildman–Crippen MR) is 86.0 cm³/mol. The molecule has 128 valence electrons. The van der Waals surface area contributed by atoms with E-state index in [1.54, 1.807) is 13.0 Å². The summed E-state index contributed by atoms with van der Waals surface area (Å²) in [5.74, 6) is -1.56. The van der Waals surface area contributed by atoms with E-state index in [1.165, 1.54) is 16.7 Å². The van der Waals surface area contributed by atoms with Crippen LogP contribution in [0.1, 0.15) is 13.3 Å². The van der Waals surface area contributed by atoms with Crippen molar-refractivity contribution in [2.75, 3.05) is 11.5 Å². The Morgan fingerprint density at radius 3 is 3.00 bits per heavy atom. The zero-order chi connectivity index (χ0) is 17.4. The first kappa shape index (κ1) is 16.8. The molecule has 24 heavy (non-hydrogen) atoms. The number of nitrogens with zero attached hydrogens (tertiary/aromatic N) is 2. The topological polar surface area (TPSA) is 111 Å². The number of nitrogen functional groups attached to an aromatic ring is 1. The first-order chi connectivity index (χ1) is 11.4. The molecule has 1 aromatic rings. The molecule has 2 aliphatic rings. The van der Waals surface area contributed by atoms with Crippen LogP contribution in [0.15, 0.2) is 35.1 Å². The summed E-state index contributed by atoms with van der Waals surface area (Å²) >= 11 is 1.41. The number of pyridine rings is 1. The lowest BCUT2D eigenvalue weighted by Gasteiger charge is -2.45. The minimum absolute atomic E-state index is 0.0375. The highest BCUT2D eigenvalue weighted by Gasteiger charge is 2.55. The minimum Gasteiger partial charge on any atom is -0.543 e. The van der Waals surface area contributed by atoms with E-state index in [9.17, 15) is 19.8 Å². The fraction of sp³-hybridized carbons (Fsp3) is 0.438. The quantitative estimate of drug-likeness (QED) is 0.496. The Morgan fingerprint density at radius 2 is 2.38 bits per heavy atom. The second-order valence-corrected chi connectivity index (χ2v) is 7.22. The van der Waals surface area contributed by atoms with Crippen molar-refractivity contribution < 1.29 is 24.4 Å². The Kier molecular flexibility index (Phi) is 4.51. The van der Waals surface area contributed by atoms with Crippen LogP contribution in [0, 0.1) is 5.92 Å². The van der Waals surface area contributed by atoms with Crippen LogP contribution in [0.4, 0.5) is 5.69 Å². The largest absolute Gasteiger partial charge is 0.543 e. The summed E-state index contributed by atoms with van der Waals surface area (Å²) in [5.41, 5.74) is 6.35. The van der Waals surface area contributed by atoms with Crippen molar-refractivity contribution in [3.05, 3.63) is 35.1 Å². The number of aliphatic hydroxyl groups is 1. The molecule has 3 atom stereocenters. The van der Waals surface area contributed by atoms with Gasteiger partial charge in [-0.15, -0.1) is 11.8 Å². The van der Waals surface area contributed by atoms with Crippen LogP contribution in [-0.2, 0) is 16.1 Å². The molecule has 0 radical (unpaired) electrons. The number of anilines is 1. The molecule has 1 amide bonds. The summed E-state index contributed by atoms with van der Waals surface area (Å²) in [5, 5.41) is 21.1. The van der Waals surface area contributed by atoms with Gasteiger partial charge < -0.3 is 25.6 Å². The third-order valence-electron chi connectivity index (χ3n) is 4.39. The van der Waals surface area contributed by atoms with Crippen LogP contribution < -0.4 is 15.4 Å². The highest BCUT2D eigenvalue weighted by molar-refractivity contribution is 8.03. The van der Waals surface area contributed by atoms with Crippen molar-refractivity contribution in [1.82, 2.24) is 4.90 Å². The number of carboxylic acid groups (broad SMARTS) is 1. The summed E-state index contributed by atoms with van der Waals surface area (Å²) in [6.45, 7) is 2.22. The molecule has 0 saturated carbocycles. The van der Waals surface area contributed by atoms with Crippen molar-refractivity contribution in [2.45, 2.75) is 32.0 Å². The molecular weight excluding hydrogens is 330 g/mol. The minimum atomic E-state index is -1.34. The average molecular weight is 349 g/mol. The number of thioether (sulfide) groups is 1. The van der Waals surface area contributed by atoms with Gasteiger partial charge in [0.1, 0.15) is 0 Å². The molecule has 1 saturated heterocycles. The molecule has 0 aliphatic carbocycles. The van der Waals surface area contributed by atoms with E-state index < -0.39 is 18.0 Å². The van der Waals surface area contributed by atoms with Gasteiger partial charge in [-0.25, -0.2) is 4.57 Å². The third-order valence-corrected chi connectivity index (χ3v) is 5.48. The average Bonchev–Trinajstić information content (AvgIpc) is 2.81. The van der Waals surface area contributed by atoms with Crippen LogP contribution in [0.3, 0.4) is 0 Å². The maximum Gasteiger partial charge on any atom is 0.235 e. The predicted octanol–water partition coefficient (Wildman–Crippen LogP) is -1.14. The molecule has 3 rings (SSSR count). The van der Waals surface area contributed by atoms with Crippen molar-refractivity contribution in [1.29, 1.82) is 0 Å². The molecule has 3 heterocycles.